The third kappa shape index (κ3) is 5.72. The van der Waals surface area contributed by atoms with Crippen LogP contribution in [0.5, 0.6) is 0 Å². The average molecular weight is 449 g/mol. The quantitative estimate of drug-likeness (QED) is 0.450. The lowest BCUT2D eigenvalue weighted by Gasteiger charge is -2.10. The van der Waals surface area contributed by atoms with Gasteiger partial charge in [-0.2, -0.15) is 0 Å². The van der Waals surface area contributed by atoms with Gasteiger partial charge in [0.15, 0.2) is 0 Å². The normalized spacial score (nSPS) is 12.0. The monoisotopic (exact) mass is 448 g/mol. The van der Waals surface area contributed by atoms with Gasteiger partial charge in [0.2, 0.25) is 15.9 Å². The van der Waals surface area contributed by atoms with E-state index in [2.05, 4.69) is 10.3 Å². The van der Waals surface area contributed by atoms with E-state index in [1.54, 1.807) is 24.5 Å². The average Bonchev–Trinajstić information content (AvgIpc) is 3.36. The van der Waals surface area contributed by atoms with Crippen LogP contribution in [0.4, 0.5) is 0 Å². The Bertz CT molecular complexity index is 1120. The highest BCUT2D eigenvalue weighted by Crippen LogP contribution is 2.21. The first-order valence-electron chi connectivity index (χ1n) is 10.0. The molecule has 0 unspecified atom stereocenters. The van der Waals surface area contributed by atoms with Crippen molar-refractivity contribution in [3.05, 3.63) is 48.2 Å². The van der Waals surface area contributed by atoms with Gasteiger partial charge in [-0.15, -0.1) is 0 Å². The van der Waals surface area contributed by atoms with Gasteiger partial charge in [0.25, 0.3) is 0 Å². The number of sulfonamides is 1. The first kappa shape index (κ1) is 23.0. The molecular weight excluding hydrogens is 420 g/mol. The van der Waals surface area contributed by atoms with E-state index in [1.165, 1.54) is 18.4 Å². The minimum atomic E-state index is -3.52. The molecule has 168 valence electrons. The van der Waals surface area contributed by atoms with Crippen LogP contribution in [-0.2, 0) is 39.6 Å². The standard InChI is InChI=1S/C21H28N4O5S/c1-24(2)31(27,28)17-7-8-19-18(14-17)23-20(25(19)3)9-10-21(26)22-11-5-12-29-15-16-6-4-13-30-16/h4,6-8,13-14H,5,9-12,15H2,1-3H3,(H,22,26). The highest BCUT2D eigenvalue weighted by Gasteiger charge is 2.19. The molecule has 0 atom stereocenters. The molecule has 0 spiro atoms. The summed E-state index contributed by atoms with van der Waals surface area (Å²) in [5.74, 6) is 1.44. The van der Waals surface area contributed by atoms with Crippen molar-refractivity contribution in [2.75, 3.05) is 27.2 Å². The number of rotatable bonds is 11. The van der Waals surface area contributed by atoms with Gasteiger partial charge in [-0.25, -0.2) is 17.7 Å². The van der Waals surface area contributed by atoms with Gasteiger partial charge in [-0.1, -0.05) is 0 Å². The number of furan rings is 1. The van der Waals surface area contributed by atoms with Gasteiger partial charge in [0, 0.05) is 47.1 Å². The molecule has 0 saturated heterocycles. The maximum absolute atomic E-state index is 12.3. The summed E-state index contributed by atoms with van der Waals surface area (Å²) in [7, 11) is 1.32. The first-order chi connectivity index (χ1) is 14.8. The predicted molar refractivity (Wildman–Crippen MR) is 116 cm³/mol. The summed E-state index contributed by atoms with van der Waals surface area (Å²) in [6.45, 7) is 1.49. The van der Waals surface area contributed by atoms with Crippen LogP contribution in [0.15, 0.2) is 45.9 Å². The molecule has 3 aromatic rings. The summed E-state index contributed by atoms with van der Waals surface area (Å²) in [6, 6.07) is 8.55. The van der Waals surface area contributed by atoms with Crippen molar-refractivity contribution < 1.29 is 22.4 Å². The summed E-state index contributed by atoms with van der Waals surface area (Å²) in [4.78, 5) is 16.9. The third-order valence-corrected chi connectivity index (χ3v) is 6.72. The number of nitrogens with one attached hydrogen (secondary N) is 1. The molecule has 1 aromatic carbocycles. The van der Waals surface area contributed by atoms with E-state index in [0.29, 0.717) is 44.5 Å². The van der Waals surface area contributed by atoms with Gasteiger partial charge in [0.05, 0.1) is 22.2 Å². The fourth-order valence-corrected chi connectivity index (χ4v) is 4.03. The minimum absolute atomic E-state index is 0.0611. The van der Waals surface area contributed by atoms with Crippen molar-refractivity contribution in [1.29, 1.82) is 0 Å². The predicted octanol–water partition coefficient (Wildman–Crippen LogP) is 2.07. The molecule has 0 fully saturated rings. The van der Waals surface area contributed by atoms with Crippen LogP contribution in [0.3, 0.4) is 0 Å². The fourth-order valence-electron chi connectivity index (χ4n) is 3.11. The van der Waals surface area contributed by atoms with Crippen LogP contribution in [0.25, 0.3) is 11.0 Å². The van der Waals surface area contributed by atoms with E-state index in [1.807, 2.05) is 23.7 Å². The van der Waals surface area contributed by atoms with Crippen LogP contribution in [0.2, 0.25) is 0 Å². The molecule has 0 bridgehead atoms. The summed E-state index contributed by atoms with van der Waals surface area (Å²) in [5, 5.41) is 2.88. The number of benzene rings is 1. The van der Waals surface area contributed by atoms with Crippen molar-refractivity contribution in [3.8, 4) is 0 Å². The number of imidazole rings is 1. The Labute approximate surface area is 182 Å². The first-order valence-corrected chi connectivity index (χ1v) is 11.5. The molecular formula is C21H28N4O5S. The molecule has 1 amide bonds. The molecule has 2 heterocycles. The molecule has 1 N–H and O–H groups in total. The van der Waals surface area contributed by atoms with Gasteiger partial charge in [-0.3, -0.25) is 4.79 Å². The number of carbonyl (C=O) groups excluding carboxylic acids is 1. The lowest BCUT2D eigenvalue weighted by molar-refractivity contribution is -0.121. The van der Waals surface area contributed by atoms with Crippen molar-refractivity contribution >= 4 is 27.0 Å². The molecule has 3 rings (SSSR count). The largest absolute Gasteiger partial charge is 0.467 e. The second kappa shape index (κ2) is 10.1. The van der Waals surface area contributed by atoms with Crippen LogP contribution >= 0.6 is 0 Å². The van der Waals surface area contributed by atoms with Crippen LogP contribution in [0, 0.1) is 0 Å². The third-order valence-electron chi connectivity index (χ3n) is 4.91. The number of aryl methyl sites for hydroxylation is 2. The number of fused-ring (bicyclic) bond motifs is 1. The van der Waals surface area contributed by atoms with Crippen LogP contribution in [0.1, 0.15) is 24.4 Å². The Kier molecular flexibility index (Phi) is 7.47. The minimum Gasteiger partial charge on any atom is -0.467 e. The van der Waals surface area contributed by atoms with E-state index in [4.69, 9.17) is 9.15 Å². The molecule has 0 aliphatic carbocycles. The lowest BCUT2D eigenvalue weighted by Crippen LogP contribution is -2.25. The Hall–Kier alpha value is -2.69. The number of nitrogens with zero attached hydrogens (tertiary/aromatic N) is 3. The molecule has 0 aliphatic heterocycles. The summed E-state index contributed by atoms with van der Waals surface area (Å²) >= 11 is 0. The SMILES string of the molecule is CN(C)S(=O)(=O)c1ccc2c(c1)nc(CCC(=O)NCCCOCc1ccco1)n2C. The number of aromatic nitrogens is 2. The number of hydrogen-bond acceptors (Lipinski definition) is 6. The molecule has 0 radical (unpaired) electrons. The van der Waals surface area contributed by atoms with Crippen molar-refractivity contribution in [2.24, 2.45) is 7.05 Å². The smallest absolute Gasteiger partial charge is 0.242 e. The van der Waals surface area contributed by atoms with Gasteiger partial charge in [0.1, 0.15) is 18.2 Å². The lowest BCUT2D eigenvalue weighted by atomic mass is 10.2. The van der Waals surface area contributed by atoms with Gasteiger partial charge < -0.3 is 19.0 Å². The fraction of sp³-hybridized carbons (Fsp3) is 0.429. The Morgan fingerprint density at radius 3 is 2.81 bits per heavy atom. The van der Waals surface area contributed by atoms with E-state index in [0.717, 1.165) is 17.1 Å². The highest BCUT2D eigenvalue weighted by molar-refractivity contribution is 7.89. The summed E-state index contributed by atoms with van der Waals surface area (Å²) in [6.07, 6.45) is 3.07. The second-order valence-corrected chi connectivity index (χ2v) is 9.51. The molecule has 0 aliphatic rings. The van der Waals surface area contributed by atoms with E-state index >= 15 is 0 Å². The number of carbonyl (C=O) groups is 1. The maximum atomic E-state index is 12.3. The number of ether oxygens (including phenoxy) is 1. The summed E-state index contributed by atoms with van der Waals surface area (Å²) in [5.41, 5.74) is 1.41. The zero-order valence-corrected chi connectivity index (χ0v) is 18.8. The maximum Gasteiger partial charge on any atom is 0.242 e. The van der Waals surface area contributed by atoms with Crippen molar-refractivity contribution in [1.82, 2.24) is 19.2 Å². The van der Waals surface area contributed by atoms with E-state index in [9.17, 15) is 13.2 Å². The van der Waals surface area contributed by atoms with Gasteiger partial charge in [-0.05, 0) is 36.8 Å². The molecule has 2 aromatic heterocycles. The number of amides is 1. The van der Waals surface area contributed by atoms with E-state index < -0.39 is 10.0 Å². The zero-order valence-electron chi connectivity index (χ0n) is 18.0. The molecule has 31 heavy (non-hydrogen) atoms. The Balaban J connectivity index is 1.47. The van der Waals surface area contributed by atoms with Crippen molar-refractivity contribution in [3.63, 3.8) is 0 Å². The molecule has 0 saturated carbocycles. The van der Waals surface area contributed by atoms with Crippen LogP contribution in [-0.4, -0.2) is 55.4 Å². The van der Waals surface area contributed by atoms with Gasteiger partial charge >= 0.3 is 0 Å². The van der Waals surface area contributed by atoms with E-state index in [-0.39, 0.29) is 10.8 Å². The topological polar surface area (TPSA) is 107 Å². The van der Waals surface area contributed by atoms with Crippen LogP contribution < -0.4 is 5.32 Å². The second-order valence-electron chi connectivity index (χ2n) is 7.36. The number of hydrogen-bond donors (Lipinski definition) is 1. The molecule has 9 nitrogen and oxygen atoms in total. The Morgan fingerprint density at radius 1 is 1.29 bits per heavy atom. The zero-order chi connectivity index (χ0) is 22.4. The van der Waals surface area contributed by atoms with Crippen molar-refractivity contribution in [2.45, 2.75) is 30.8 Å². The Morgan fingerprint density at radius 2 is 2.10 bits per heavy atom. The summed E-state index contributed by atoms with van der Waals surface area (Å²) < 4.78 is 38.4. The highest BCUT2D eigenvalue weighted by atomic mass is 32.2. The molecule has 10 heteroatoms.